The maximum atomic E-state index is 5.93. The van der Waals surface area contributed by atoms with E-state index in [4.69, 9.17) is 11.5 Å². The number of benzene rings is 1. The molecule has 1 aliphatic rings. The molecule has 0 radical (unpaired) electrons. The molecular formula is C10H14N2. The minimum Gasteiger partial charge on any atom is -0.398 e. The number of rotatable bonds is 0. The fraction of sp³-hybridized carbons (Fsp3) is 0.400. The highest BCUT2D eigenvalue weighted by atomic mass is 14.7. The highest BCUT2D eigenvalue weighted by Crippen LogP contribution is 2.33. The van der Waals surface area contributed by atoms with Gasteiger partial charge in [-0.2, -0.15) is 0 Å². The summed E-state index contributed by atoms with van der Waals surface area (Å²) >= 11 is 0. The van der Waals surface area contributed by atoms with Gasteiger partial charge in [-0.25, -0.2) is 0 Å². The molecule has 0 aromatic heterocycles. The van der Waals surface area contributed by atoms with E-state index in [-0.39, 0.29) is 6.04 Å². The summed E-state index contributed by atoms with van der Waals surface area (Å²) in [4.78, 5) is 0. The number of hydrogen-bond acceptors (Lipinski definition) is 2. The van der Waals surface area contributed by atoms with Crippen LogP contribution >= 0.6 is 0 Å². The summed E-state index contributed by atoms with van der Waals surface area (Å²) in [5, 5.41) is 0. The van der Waals surface area contributed by atoms with Crippen molar-refractivity contribution in [3.05, 3.63) is 28.8 Å². The summed E-state index contributed by atoms with van der Waals surface area (Å²) in [5.41, 5.74) is 16.5. The van der Waals surface area contributed by atoms with Gasteiger partial charge in [0.15, 0.2) is 0 Å². The van der Waals surface area contributed by atoms with E-state index in [9.17, 15) is 0 Å². The molecule has 0 aliphatic heterocycles. The Bertz CT molecular complexity index is 318. The fourth-order valence-electron chi connectivity index (χ4n) is 1.95. The third kappa shape index (κ3) is 0.994. The third-order valence-electron chi connectivity index (χ3n) is 2.57. The molecule has 0 fully saturated rings. The molecule has 0 saturated heterocycles. The van der Waals surface area contributed by atoms with E-state index < -0.39 is 0 Å². The first-order chi connectivity index (χ1) is 5.68. The van der Waals surface area contributed by atoms with Gasteiger partial charge < -0.3 is 11.5 Å². The number of nitrogens with two attached hydrogens (primary N) is 2. The fourth-order valence-corrected chi connectivity index (χ4v) is 1.95. The lowest BCUT2D eigenvalue weighted by Crippen LogP contribution is -2.05. The van der Waals surface area contributed by atoms with E-state index in [1.54, 1.807) is 0 Å². The molecule has 1 aliphatic carbocycles. The first kappa shape index (κ1) is 7.62. The van der Waals surface area contributed by atoms with Crippen LogP contribution in [0.15, 0.2) is 12.1 Å². The van der Waals surface area contributed by atoms with E-state index in [2.05, 4.69) is 13.0 Å². The van der Waals surface area contributed by atoms with Crippen LogP contribution in [0.4, 0.5) is 5.69 Å². The Kier molecular flexibility index (Phi) is 1.58. The molecule has 2 heteroatoms. The van der Waals surface area contributed by atoms with Crippen molar-refractivity contribution in [2.45, 2.75) is 25.8 Å². The number of nitrogen functional groups attached to an aromatic ring is 1. The predicted octanol–water partition coefficient (Wildman–Crippen LogP) is 1.52. The van der Waals surface area contributed by atoms with Crippen LogP contribution in [-0.4, -0.2) is 0 Å². The zero-order valence-electron chi connectivity index (χ0n) is 7.30. The third-order valence-corrected chi connectivity index (χ3v) is 2.57. The Morgan fingerprint density at radius 1 is 1.42 bits per heavy atom. The van der Waals surface area contributed by atoms with E-state index >= 15 is 0 Å². The van der Waals surface area contributed by atoms with Crippen LogP contribution in [0.3, 0.4) is 0 Å². The summed E-state index contributed by atoms with van der Waals surface area (Å²) in [6.45, 7) is 2.06. The number of hydrogen-bond donors (Lipinski definition) is 2. The summed E-state index contributed by atoms with van der Waals surface area (Å²) in [6.07, 6.45) is 2.09. The van der Waals surface area contributed by atoms with E-state index in [0.29, 0.717) is 0 Å². The summed E-state index contributed by atoms with van der Waals surface area (Å²) in [7, 11) is 0. The van der Waals surface area contributed by atoms with Gasteiger partial charge in [0.05, 0.1) is 0 Å². The minimum atomic E-state index is 0.210. The van der Waals surface area contributed by atoms with Crippen LogP contribution in [0.2, 0.25) is 0 Å². The van der Waals surface area contributed by atoms with Gasteiger partial charge in [-0.05, 0) is 42.5 Å². The van der Waals surface area contributed by atoms with E-state index in [1.165, 1.54) is 16.7 Å². The lowest BCUT2D eigenvalue weighted by atomic mass is 10.0. The molecule has 12 heavy (non-hydrogen) atoms. The van der Waals surface area contributed by atoms with E-state index in [1.807, 2.05) is 6.07 Å². The van der Waals surface area contributed by atoms with Crippen LogP contribution in [0.25, 0.3) is 0 Å². The summed E-state index contributed by atoms with van der Waals surface area (Å²) in [5.74, 6) is 0. The molecule has 2 rings (SSSR count). The average Bonchev–Trinajstić information content (AvgIpc) is 2.33. The lowest BCUT2D eigenvalue weighted by Gasteiger charge is -2.07. The van der Waals surface area contributed by atoms with E-state index in [0.717, 1.165) is 18.5 Å². The first-order valence-electron chi connectivity index (χ1n) is 4.33. The maximum Gasteiger partial charge on any atom is 0.0352 e. The smallest absolute Gasteiger partial charge is 0.0352 e. The zero-order chi connectivity index (χ0) is 8.72. The zero-order valence-corrected chi connectivity index (χ0v) is 7.30. The van der Waals surface area contributed by atoms with Gasteiger partial charge in [-0.15, -0.1) is 0 Å². The molecule has 0 bridgehead atoms. The highest BCUT2D eigenvalue weighted by molar-refractivity contribution is 5.56. The molecule has 0 saturated carbocycles. The molecule has 2 nitrogen and oxygen atoms in total. The Morgan fingerprint density at radius 3 is 2.92 bits per heavy atom. The molecule has 64 valence electrons. The Morgan fingerprint density at radius 2 is 2.17 bits per heavy atom. The largest absolute Gasteiger partial charge is 0.398 e. The topological polar surface area (TPSA) is 52.0 Å². The second-order valence-corrected chi connectivity index (χ2v) is 3.57. The molecule has 0 unspecified atom stereocenters. The quantitative estimate of drug-likeness (QED) is 0.568. The Labute approximate surface area is 72.6 Å². The van der Waals surface area contributed by atoms with Crippen molar-refractivity contribution in [2.75, 3.05) is 5.73 Å². The van der Waals surface area contributed by atoms with Crippen molar-refractivity contribution in [1.29, 1.82) is 0 Å². The minimum absolute atomic E-state index is 0.210. The molecule has 0 heterocycles. The van der Waals surface area contributed by atoms with Gasteiger partial charge in [0, 0.05) is 11.7 Å². The molecule has 1 aromatic carbocycles. The number of aryl methyl sites for hydroxylation is 1. The van der Waals surface area contributed by atoms with Crippen LogP contribution in [0.5, 0.6) is 0 Å². The van der Waals surface area contributed by atoms with Crippen LogP contribution in [0.1, 0.15) is 29.2 Å². The van der Waals surface area contributed by atoms with Crippen molar-refractivity contribution in [2.24, 2.45) is 5.73 Å². The standard InChI is InChI=1S/C10H14N2/c1-6-4-8-7(10(12)5-6)2-3-9(8)11/h4-5,9H,2-3,11-12H2,1H3/t9-/m1/s1. The molecule has 4 N–H and O–H groups in total. The summed E-state index contributed by atoms with van der Waals surface area (Å²) < 4.78 is 0. The van der Waals surface area contributed by atoms with Crippen LogP contribution in [-0.2, 0) is 6.42 Å². The normalized spacial score (nSPS) is 21.0. The van der Waals surface area contributed by atoms with Gasteiger partial charge in [0.2, 0.25) is 0 Å². The van der Waals surface area contributed by atoms with Crippen molar-refractivity contribution < 1.29 is 0 Å². The SMILES string of the molecule is Cc1cc(N)c2c(c1)[C@H](N)CC2. The predicted molar refractivity (Wildman–Crippen MR) is 50.8 cm³/mol. The summed E-state index contributed by atoms with van der Waals surface area (Å²) in [6, 6.07) is 4.39. The lowest BCUT2D eigenvalue weighted by molar-refractivity contribution is 0.713. The average molecular weight is 162 g/mol. The molecule has 0 amide bonds. The molecule has 0 spiro atoms. The molecule has 1 aromatic rings. The van der Waals surface area contributed by atoms with Gasteiger partial charge in [-0.1, -0.05) is 6.07 Å². The highest BCUT2D eigenvalue weighted by Gasteiger charge is 2.20. The van der Waals surface area contributed by atoms with Gasteiger partial charge >= 0.3 is 0 Å². The second-order valence-electron chi connectivity index (χ2n) is 3.57. The number of fused-ring (bicyclic) bond motifs is 1. The molecular weight excluding hydrogens is 148 g/mol. The van der Waals surface area contributed by atoms with Crippen LogP contribution in [0, 0.1) is 6.92 Å². The number of anilines is 1. The van der Waals surface area contributed by atoms with Crippen LogP contribution < -0.4 is 11.5 Å². The van der Waals surface area contributed by atoms with Crippen molar-refractivity contribution in [3.63, 3.8) is 0 Å². The second kappa shape index (κ2) is 2.49. The Balaban J connectivity index is 2.60. The maximum absolute atomic E-state index is 5.93. The molecule has 1 atom stereocenters. The van der Waals surface area contributed by atoms with Gasteiger partial charge in [0.25, 0.3) is 0 Å². The Hall–Kier alpha value is -1.02. The monoisotopic (exact) mass is 162 g/mol. The first-order valence-corrected chi connectivity index (χ1v) is 4.33. The van der Waals surface area contributed by atoms with Crippen molar-refractivity contribution in [1.82, 2.24) is 0 Å². The van der Waals surface area contributed by atoms with Gasteiger partial charge in [0.1, 0.15) is 0 Å². The van der Waals surface area contributed by atoms with Crippen molar-refractivity contribution in [3.8, 4) is 0 Å². The van der Waals surface area contributed by atoms with Gasteiger partial charge in [-0.3, -0.25) is 0 Å². The van der Waals surface area contributed by atoms with Crippen molar-refractivity contribution >= 4 is 5.69 Å².